The predicted octanol–water partition coefficient (Wildman–Crippen LogP) is -2.96. The molecule has 0 spiro atoms. The van der Waals surface area contributed by atoms with E-state index in [0.717, 1.165) is 11.5 Å². The first-order valence-corrected chi connectivity index (χ1v) is 12.5. The van der Waals surface area contributed by atoms with Crippen LogP contribution in [0.15, 0.2) is 36.4 Å². The van der Waals surface area contributed by atoms with Gasteiger partial charge in [0.25, 0.3) is 0 Å². The standard InChI is InChI=1S/C23H33Si.3ClH.Ti/c1-6-7-12-24(5,23-18(3)13-17(2)14-19(23)4)22-15-20-10-8-9-11-21(20)16-22;;;;/h8-11,13-15,20-22H,6-7,12,16H2,1-5H3;3*1H;/q-1;;;;+4/p-3. The Bertz CT molecular complexity index is 631. The molecule has 0 saturated heterocycles. The maximum Gasteiger partial charge on any atom is 4.00 e. The molecule has 3 rings (SSSR count). The van der Waals surface area contributed by atoms with Crippen molar-refractivity contribution in [3.05, 3.63) is 59.5 Å². The second-order valence-corrected chi connectivity index (χ2v) is 12.9. The van der Waals surface area contributed by atoms with E-state index in [4.69, 9.17) is 0 Å². The number of aryl methyl sites for hydroxylation is 3. The first-order valence-electron chi connectivity index (χ1n) is 9.74. The summed E-state index contributed by atoms with van der Waals surface area (Å²) in [5, 5.41) is 1.76. The Kier molecular flexibility index (Phi) is 14.3. The Morgan fingerprint density at radius 1 is 1.00 bits per heavy atom. The van der Waals surface area contributed by atoms with Gasteiger partial charge >= 0.3 is 21.7 Å². The Labute approximate surface area is 207 Å². The van der Waals surface area contributed by atoms with Crippen LogP contribution in [0.3, 0.4) is 0 Å². The molecule has 0 amide bonds. The van der Waals surface area contributed by atoms with Crippen LogP contribution in [0.1, 0.15) is 42.9 Å². The molecule has 1 aromatic rings. The van der Waals surface area contributed by atoms with E-state index in [0.29, 0.717) is 5.92 Å². The SMILES string of the molecule is CCCC[Si](C)(c1c(C)cc(C)cc1C)C1[CH-]C2C=CC=CC2C1.[Cl-].[Cl-].[Cl-].[Ti+4]. The third-order valence-corrected chi connectivity index (χ3v) is 11.8. The van der Waals surface area contributed by atoms with Crippen molar-refractivity contribution in [2.45, 2.75) is 65.1 Å². The van der Waals surface area contributed by atoms with E-state index in [1.54, 1.807) is 16.3 Å². The zero-order valence-electron chi connectivity index (χ0n) is 17.7. The molecule has 0 N–H and O–H groups in total. The maximum absolute atomic E-state index is 2.73. The van der Waals surface area contributed by atoms with Crippen molar-refractivity contribution < 1.29 is 58.9 Å². The van der Waals surface area contributed by atoms with Gasteiger partial charge in [-0.15, -0.1) is 12.0 Å². The molecule has 4 atom stereocenters. The zero-order valence-corrected chi connectivity index (χ0v) is 22.6. The molecule has 1 saturated carbocycles. The average molecular weight is 492 g/mol. The molecular formula is C23H33Cl3SiTi. The van der Waals surface area contributed by atoms with Gasteiger partial charge in [-0.2, -0.15) is 5.54 Å². The molecule has 0 radical (unpaired) electrons. The molecular weight excluding hydrogens is 459 g/mol. The Balaban J connectivity index is 0. The van der Waals surface area contributed by atoms with Crippen LogP contribution in [0.5, 0.6) is 0 Å². The molecule has 2 aliphatic rings. The fourth-order valence-electron chi connectivity index (χ4n) is 5.35. The molecule has 154 valence electrons. The topological polar surface area (TPSA) is 0 Å². The maximum atomic E-state index is 2.73. The van der Waals surface area contributed by atoms with Gasteiger partial charge in [-0.05, 0) is 26.7 Å². The molecule has 0 nitrogen and oxygen atoms in total. The van der Waals surface area contributed by atoms with Crippen LogP contribution in [0, 0.1) is 39.0 Å². The minimum absolute atomic E-state index is 0. The third-order valence-electron chi connectivity index (χ3n) is 6.39. The van der Waals surface area contributed by atoms with Crippen molar-refractivity contribution in [2.75, 3.05) is 0 Å². The molecule has 4 unspecified atom stereocenters. The smallest absolute Gasteiger partial charge is 1.00 e. The minimum Gasteiger partial charge on any atom is -1.00 e. The molecule has 1 aromatic carbocycles. The van der Waals surface area contributed by atoms with Crippen LogP contribution < -0.4 is 42.4 Å². The van der Waals surface area contributed by atoms with Crippen molar-refractivity contribution >= 4 is 13.3 Å². The summed E-state index contributed by atoms with van der Waals surface area (Å²) >= 11 is 0. The summed E-state index contributed by atoms with van der Waals surface area (Å²) in [5.41, 5.74) is 5.32. The molecule has 2 aliphatic carbocycles. The second kappa shape index (κ2) is 13.0. The summed E-state index contributed by atoms with van der Waals surface area (Å²) in [6.45, 7) is 12.0. The van der Waals surface area contributed by atoms with E-state index in [1.165, 1.54) is 30.9 Å². The van der Waals surface area contributed by atoms with E-state index in [2.05, 4.69) is 77.1 Å². The fourth-order valence-corrected chi connectivity index (χ4v) is 10.8. The molecule has 0 bridgehead atoms. The Morgan fingerprint density at radius 2 is 1.57 bits per heavy atom. The molecule has 28 heavy (non-hydrogen) atoms. The van der Waals surface area contributed by atoms with Crippen LogP contribution in [-0.4, -0.2) is 8.07 Å². The van der Waals surface area contributed by atoms with Gasteiger partial charge in [-0.25, -0.2) is 0 Å². The van der Waals surface area contributed by atoms with Gasteiger partial charge in [-0.1, -0.05) is 91.0 Å². The molecule has 1 fully saturated rings. The van der Waals surface area contributed by atoms with E-state index in [-0.39, 0.29) is 58.9 Å². The van der Waals surface area contributed by atoms with Crippen LogP contribution in [-0.2, 0) is 21.7 Å². The number of rotatable bonds is 5. The van der Waals surface area contributed by atoms with Gasteiger partial charge < -0.3 is 43.6 Å². The fraction of sp³-hybridized carbons (Fsp3) is 0.522. The van der Waals surface area contributed by atoms with Crippen LogP contribution >= 0.6 is 0 Å². The number of benzene rings is 1. The second-order valence-electron chi connectivity index (χ2n) is 8.34. The first kappa shape index (κ1) is 30.7. The zero-order chi connectivity index (χ0) is 17.3. The summed E-state index contributed by atoms with van der Waals surface area (Å²) < 4.78 is 0. The molecule has 0 aromatic heterocycles. The van der Waals surface area contributed by atoms with Crippen LogP contribution in [0.2, 0.25) is 18.1 Å². The molecule has 5 heteroatoms. The molecule has 0 aliphatic heterocycles. The number of hydrogen-bond acceptors (Lipinski definition) is 0. The number of halogens is 3. The number of fused-ring (bicyclic) bond motifs is 1. The number of unbranched alkanes of at least 4 members (excludes halogenated alkanes) is 1. The van der Waals surface area contributed by atoms with Gasteiger partial charge in [-0.3, -0.25) is 0 Å². The van der Waals surface area contributed by atoms with E-state index in [9.17, 15) is 0 Å². The van der Waals surface area contributed by atoms with Crippen LogP contribution in [0.25, 0.3) is 0 Å². The summed E-state index contributed by atoms with van der Waals surface area (Å²) in [7, 11) is -1.54. The van der Waals surface area contributed by atoms with Gasteiger partial charge in [0.2, 0.25) is 0 Å². The van der Waals surface area contributed by atoms with E-state index < -0.39 is 8.07 Å². The number of allylic oxidation sites excluding steroid dienone is 4. The summed E-state index contributed by atoms with van der Waals surface area (Å²) in [5.74, 6) is 1.43. The summed E-state index contributed by atoms with van der Waals surface area (Å²) in [6, 6.07) is 6.27. The van der Waals surface area contributed by atoms with Crippen LogP contribution in [0.4, 0.5) is 0 Å². The normalized spacial score (nSPS) is 24.0. The van der Waals surface area contributed by atoms with Gasteiger partial charge in [0.05, 0.1) is 8.07 Å². The minimum atomic E-state index is -1.54. The van der Waals surface area contributed by atoms with Crippen molar-refractivity contribution in [3.63, 3.8) is 0 Å². The molecule has 0 heterocycles. The Hall–Kier alpha value is 0.501. The summed E-state index contributed by atoms with van der Waals surface area (Å²) in [6.07, 6.45) is 16.2. The van der Waals surface area contributed by atoms with Crippen molar-refractivity contribution in [1.82, 2.24) is 0 Å². The quantitative estimate of drug-likeness (QED) is 0.305. The first-order chi connectivity index (χ1) is 11.5. The predicted molar refractivity (Wildman–Crippen MR) is 110 cm³/mol. The van der Waals surface area contributed by atoms with Crippen molar-refractivity contribution in [3.8, 4) is 0 Å². The van der Waals surface area contributed by atoms with Gasteiger partial charge in [0.1, 0.15) is 0 Å². The van der Waals surface area contributed by atoms with Gasteiger partial charge in [0.15, 0.2) is 0 Å². The number of hydrogen-bond donors (Lipinski definition) is 0. The van der Waals surface area contributed by atoms with Crippen molar-refractivity contribution in [2.24, 2.45) is 11.8 Å². The summed E-state index contributed by atoms with van der Waals surface area (Å²) in [4.78, 5) is 0. The third kappa shape index (κ3) is 6.25. The van der Waals surface area contributed by atoms with E-state index >= 15 is 0 Å². The Morgan fingerprint density at radius 3 is 2.11 bits per heavy atom. The van der Waals surface area contributed by atoms with Crippen molar-refractivity contribution in [1.29, 1.82) is 0 Å². The van der Waals surface area contributed by atoms with E-state index in [1.807, 2.05) is 0 Å². The van der Waals surface area contributed by atoms with Gasteiger partial charge in [0, 0.05) is 0 Å². The largest absolute Gasteiger partial charge is 4.00 e. The average Bonchev–Trinajstić information content (AvgIpc) is 2.96. The monoisotopic (exact) mass is 490 g/mol.